The lowest BCUT2D eigenvalue weighted by Gasteiger charge is -2.15. The van der Waals surface area contributed by atoms with Gasteiger partial charge in [0.1, 0.15) is 18.1 Å². The van der Waals surface area contributed by atoms with E-state index in [0.29, 0.717) is 0 Å². The van der Waals surface area contributed by atoms with Crippen LogP contribution in [-0.2, 0) is 6.42 Å². The van der Waals surface area contributed by atoms with E-state index in [1.54, 1.807) is 7.11 Å². The first-order valence-corrected chi connectivity index (χ1v) is 11.1. The van der Waals surface area contributed by atoms with E-state index in [1.807, 2.05) is 12.1 Å². The lowest BCUT2D eigenvalue weighted by Crippen LogP contribution is -2.25. The molecule has 0 spiro atoms. The van der Waals surface area contributed by atoms with Crippen molar-refractivity contribution in [2.75, 3.05) is 33.4 Å². The van der Waals surface area contributed by atoms with E-state index in [1.165, 1.54) is 48.2 Å². The average molecular weight is 414 g/mol. The van der Waals surface area contributed by atoms with Crippen LogP contribution in [0.3, 0.4) is 0 Å². The maximum absolute atomic E-state index is 5.96. The summed E-state index contributed by atoms with van der Waals surface area (Å²) in [6, 6.07) is 27.3. The molecule has 0 saturated carbocycles. The zero-order chi connectivity index (χ0) is 21.3. The summed E-state index contributed by atoms with van der Waals surface area (Å²) in [4.78, 5) is 2.47. The molecule has 31 heavy (non-hydrogen) atoms. The first-order chi connectivity index (χ1) is 15.3. The van der Waals surface area contributed by atoms with E-state index in [0.717, 1.165) is 31.1 Å². The molecule has 0 amide bonds. The number of hydrogen-bond acceptors (Lipinski definition) is 3. The second kappa shape index (κ2) is 10.8. The molecule has 0 aliphatic carbocycles. The van der Waals surface area contributed by atoms with Crippen LogP contribution < -0.4 is 9.47 Å². The summed E-state index contributed by atoms with van der Waals surface area (Å²) in [6.45, 7) is 4.19. The predicted molar refractivity (Wildman–Crippen MR) is 129 cm³/mol. The molecule has 0 unspecified atom stereocenters. The van der Waals surface area contributed by atoms with Crippen LogP contribution in [0.1, 0.15) is 29.5 Å². The van der Waals surface area contributed by atoms with E-state index in [2.05, 4.69) is 77.7 Å². The van der Waals surface area contributed by atoms with Crippen LogP contribution in [0, 0.1) is 0 Å². The first kappa shape index (κ1) is 21.2. The number of hydrogen-bond donors (Lipinski definition) is 0. The van der Waals surface area contributed by atoms with Crippen LogP contribution in [0.25, 0.3) is 11.6 Å². The van der Waals surface area contributed by atoms with E-state index in [-0.39, 0.29) is 0 Å². The third-order valence-corrected chi connectivity index (χ3v) is 5.77. The molecule has 1 fully saturated rings. The summed E-state index contributed by atoms with van der Waals surface area (Å²) in [7, 11) is 1.71. The summed E-state index contributed by atoms with van der Waals surface area (Å²) in [5, 5.41) is 0. The Hall–Kier alpha value is -3.04. The van der Waals surface area contributed by atoms with Crippen molar-refractivity contribution in [1.82, 2.24) is 4.90 Å². The van der Waals surface area contributed by atoms with E-state index >= 15 is 0 Å². The lowest BCUT2D eigenvalue weighted by atomic mass is 9.96. The van der Waals surface area contributed by atoms with E-state index in [9.17, 15) is 0 Å². The standard InChI is InChI=1S/C28H31NO2/c1-30-28-11-7-8-24(22-28)21-26(25-9-3-2-4-10-25)20-23-12-14-27(15-13-23)31-19-18-29-16-5-6-17-29/h2-4,7-15,20,22H,5-6,16-19,21H2,1H3/b26-20-. The molecule has 1 aliphatic rings. The molecular formula is C28H31NO2. The largest absolute Gasteiger partial charge is 0.497 e. The Morgan fingerprint density at radius 3 is 2.39 bits per heavy atom. The molecule has 1 aliphatic heterocycles. The quantitative estimate of drug-likeness (QED) is 0.405. The average Bonchev–Trinajstić information content (AvgIpc) is 3.34. The van der Waals surface area contributed by atoms with Crippen molar-refractivity contribution in [1.29, 1.82) is 0 Å². The third-order valence-electron chi connectivity index (χ3n) is 5.77. The van der Waals surface area contributed by atoms with Crippen LogP contribution in [0.5, 0.6) is 11.5 Å². The SMILES string of the molecule is COc1cccc(C/C(=C/c2ccc(OCCN3CCCC3)cc2)c2ccccc2)c1. The highest BCUT2D eigenvalue weighted by Crippen LogP contribution is 2.25. The summed E-state index contributed by atoms with van der Waals surface area (Å²) in [5.41, 5.74) is 4.91. The number of allylic oxidation sites excluding steroid dienone is 1. The van der Waals surface area contributed by atoms with Crippen LogP contribution >= 0.6 is 0 Å². The second-order valence-electron chi connectivity index (χ2n) is 8.03. The zero-order valence-corrected chi connectivity index (χ0v) is 18.3. The van der Waals surface area contributed by atoms with Crippen molar-refractivity contribution in [3.63, 3.8) is 0 Å². The maximum Gasteiger partial charge on any atom is 0.119 e. The Morgan fingerprint density at radius 2 is 1.65 bits per heavy atom. The van der Waals surface area contributed by atoms with Crippen LogP contribution in [-0.4, -0.2) is 38.3 Å². The summed E-state index contributed by atoms with van der Waals surface area (Å²) < 4.78 is 11.4. The third kappa shape index (κ3) is 6.22. The molecular weight excluding hydrogens is 382 g/mol. The summed E-state index contributed by atoms with van der Waals surface area (Å²) in [6.07, 6.45) is 5.75. The molecule has 160 valence electrons. The predicted octanol–water partition coefficient (Wildman–Crippen LogP) is 5.95. The Morgan fingerprint density at radius 1 is 0.871 bits per heavy atom. The molecule has 0 radical (unpaired) electrons. The van der Waals surface area contributed by atoms with Gasteiger partial charge in [0.2, 0.25) is 0 Å². The van der Waals surface area contributed by atoms with Gasteiger partial charge in [0, 0.05) is 6.54 Å². The number of nitrogens with zero attached hydrogens (tertiary/aromatic N) is 1. The van der Waals surface area contributed by atoms with Gasteiger partial charge in [0.25, 0.3) is 0 Å². The van der Waals surface area contributed by atoms with Gasteiger partial charge in [-0.3, -0.25) is 4.90 Å². The highest BCUT2D eigenvalue weighted by molar-refractivity contribution is 5.82. The molecule has 4 rings (SSSR count). The monoisotopic (exact) mass is 413 g/mol. The number of rotatable bonds is 9. The van der Waals surface area contributed by atoms with Crippen LogP contribution in [0.4, 0.5) is 0 Å². The van der Waals surface area contributed by atoms with Crippen LogP contribution in [0.2, 0.25) is 0 Å². The van der Waals surface area contributed by atoms with Crippen molar-refractivity contribution >= 4 is 11.6 Å². The minimum absolute atomic E-state index is 0.750. The van der Waals surface area contributed by atoms with Gasteiger partial charge in [0.05, 0.1) is 7.11 Å². The number of likely N-dealkylation sites (tertiary alicyclic amines) is 1. The van der Waals surface area contributed by atoms with Crippen molar-refractivity contribution in [2.24, 2.45) is 0 Å². The molecule has 3 heteroatoms. The van der Waals surface area contributed by atoms with Crippen molar-refractivity contribution in [2.45, 2.75) is 19.3 Å². The van der Waals surface area contributed by atoms with Crippen molar-refractivity contribution < 1.29 is 9.47 Å². The second-order valence-corrected chi connectivity index (χ2v) is 8.03. The first-order valence-electron chi connectivity index (χ1n) is 11.1. The van der Waals surface area contributed by atoms with Gasteiger partial charge in [-0.1, -0.05) is 60.7 Å². The summed E-state index contributed by atoms with van der Waals surface area (Å²) in [5.74, 6) is 1.82. The maximum atomic E-state index is 5.96. The zero-order valence-electron chi connectivity index (χ0n) is 18.3. The fourth-order valence-electron chi connectivity index (χ4n) is 4.05. The number of ether oxygens (including phenoxy) is 2. The molecule has 0 aromatic heterocycles. The molecule has 1 saturated heterocycles. The minimum Gasteiger partial charge on any atom is -0.497 e. The lowest BCUT2D eigenvalue weighted by molar-refractivity contribution is 0.238. The van der Waals surface area contributed by atoms with Gasteiger partial charge >= 0.3 is 0 Å². The van der Waals surface area contributed by atoms with Crippen molar-refractivity contribution in [3.8, 4) is 11.5 Å². The van der Waals surface area contributed by atoms with Gasteiger partial charge in [0.15, 0.2) is 0 Å². The smallest absolute Gasteiger partial charge is 0.119 e. The van der Waals surface area contributed by atoms with Gasteiger partial charge < -0.3 is 9.47 Å². The molecule has 0 atom stereocenters. The normalized spacial score (nSPS) is 14.5. The number of benzene rings is 3. The molecule has 0 bridgehead atoms. The molecule has 1 heterocycles. The van der Waals surface area contributed by atoms with Crippen molar-refractivity contribution in [3.05, 3.63) is 95.6 Å². The van der Waals surface area contributed by atoms with E-state index in [4.69, 9.17) is 9.47 Å². The highest BCUT2D eigenvalue weighted by atomic mass is 16.5. The molecule has 3 nitrogen and oxygen atoms in total. The fourth-order valence-corrected chi connectivity index (χ4v) is 4.05. The fraction of sp³-hybridized carbons (Fsp3) is 0.286. The van der Waals surface area contributed by atoms with E-state index < -0.39 is 0 Å². The Kier molecular flexibility index (Phi) is 7.41. The molecule has 0 N–H and O–H groups in total. The van der Waals surface area contributed by atoms with Crippen LogP contribution in [0.15, 0.2) is 78.9 Å². The van der Waals surface area contributed by atoms with Gasteiger partial charge in [-0.15, -0.1) is 0 Å². The molecule has 3 aromatic rings. The Balaban J connectivity index is 1.47. The summed E-state index contributed by atoms with van der Waals surface area (Å²) >= 11 is 0. The molecule has 3 aromatic carbocycles. The van der Waals surface area contributed by atoms with Gasteiger partial charge in [-0.25, -0.2) is 0 Å². The Bertz CT molecular complexity index is 973. The van der Waals surface area contributed by atoms with Gasteiger partial charge in [-0.2, -0.15) is 0 Å². The minimum atomic E-state index is 0.750. The highest BCUT2D eigenvalue weighted by Gasteiger charge is 2.10. The van der Waals surface area contributed by atoms with Gasteiger partial charge in [-0.05, 0) is 78.9 Å². The Labute approximate surface area is 185 Å². The number of methoxy groups -OCH3 is 1. The topological polar surface area (TPSA) is 21.7 Å².